The quantitative estimate of drug-likeness (QED) is 0.827. The largest absolute Gasteiger partial charge is 0.334 e. The molecule has 0 saturated carbocycles. The zero-order valence-corrected chi connectivity index (χ0v) is 8.94. The van der Waals surface area contributed by atoms with Crippen LogP contribution in [0.4, 0.5) is 0 Å². The van der Waals surface area contributed by atoms with E-state index in [-0.39, 0.29) is 0 Å². The SMILES string of the molecule is NCc1noc(-c2ccc3c(c2)CCC3)n1. The lowest BCUT2D eigenvalue weighted by molar-refractivity contribution is 0.423. The van der Waals surface area contributed by atoms with Crippen molar-refractivity contribution in [3.63, 3.8) is 0 Å². The maximum Gasteiger partial charge on any atom is 0.257 e. The molecule has 1 aromatic carbocycles. The number of benzene rings is 1. The standard InChI is InChI=1S/C12H13N3O/c13-7-11-14-12(16-15-11)10-5-4-8-2-1-3-9(8)6-10/h4-6H,1-3,7,13H2. The maximum atomic E-state index is 5.45. The van der Waals surface area contributed by atoms with E-state index in [1.54, 1.807) is 0 Å². The molecular weight excluding hydrogens is 202 g/mol. The molecule has 2 aromatic rings. The van der Waals surface area contributed by atoms with E-state index >= 15 is 0 Å². The topological polar surface area (TPSA) is 64.9 Å². The average Bonchev–Trinajstić information content (AvgIpc) is 2.96. The van der Waals surface area contributed by atoms with E-state index in [4.69, 9.17) is 10.3 Å². The van der Waals surface area contributed by atoms with E-state index in [1.165, 1.54) is 24.0 Å². The molecule has 82 valence electrons. The minimum atomic E-state index is 0.314. The first-order chi connectivity index (χ1) is 7.86. The fourth-order valence-corrected chi connectivity index (χ4v) is 2.16. The second-order valence-electron chi connectivity index (χ2n) is 4.06. The van der Waals surface area contributed by atoms with E-state index in [0.29, 0.717) is 18.3 Å². The lowest BCUT2D eigenvalue weighted by Crippen LogP contribution is -1.97. The van der Waals surface area contributed by atoms with Gasteiger partial charge in [0.1, 0.15) is 0 Å². The number of hydrogen-bond acceptors (Lipinski definition) is 4. The van der Waals surface area contributed by atoms with Crippen molar-refractivity contribution in [1.82, 2.24) is 10.1 Å². The second-order valence-corrected chi connectivity index (χ2v) is 4.06. The lowest BCUT2D eigenvalue weighted by atomic mass is 10.1. The minimum absolute atomic E-state index is 0.314. The van der Waals surface area contributed by atoms with Gasteiger partial charge in [-0.1, -0.05) is 11.2 Å². The van der Waals surface area contributed by atoms with E-state index in [1.807, 2.05) is 6.07 Å². The van der Waals surface area contributed by atoms with Crippen LogP contribution in [0.2, 0.25) is 0 Å². The summed E-state index contributed by atoms with van der Waals surface area (Å²) in [5.41, 5.74) is 9.29. The molecule has 0 unspecified atom stereocenters. The van der Waals surface area contributed by atoms with Gasteiger partial charge in [-0.2, -0.15) is 4.98 Å². The Morgan fingerprint density at radius 2 is 2.12 bits per heavy atom. The molecule has 0 amide bonds. The van der Waals surface area contributed by atoms with E-state index in [9.17, 15) is 0 Å². The number of nitrogens with two attached hydrogens (primary N) is 1. The fraction of sp³-hybridized carbons (Fsp3) is 0.333. The summed E-state index contributed by atoms with van der Waals surface area (Å²) in [7, 11) is 0. The lowest BCUT2D eigenvalue weighted by Gasteiger charge is -2.00. The highest BCUT2D eigenvalue weighted by atomic mass is 16.5. The van der Waals surface area contributed by atoms with Gasteiger partial charge in [0.15, 0.2) is 5.82 Å². The molecule has 2 N–H and O–H groups in total. The molecule has 16 heavy (non-hydrogen) atoms. The van der Waals surface area contributed by atoms with Crippen LogP contribution in [-0.2, 0) is 19.4 Å². The van der Waals surface area contributed by atoms with Crippen molar-refractivity contribution in [3.05, 3.63) is 35.2 Å². The summed E-state index contributed by atoms with van der Waals surface area (Å²) in [4.78, 5) is 4.22. The first-order valence-corrected chi connectivity index (χ1v) is 5.51. The summed E-state index contributed by atoms with van der Waals surface area (Å²) in [6.45, 7) is 0.314. The van der Waals surface area contributed by atoms with Gasteiger partial charge in [-0.25, -0.2) is 0 Å². The number of aryl methyl sites for hydroxylation is 2. The van der Waals surface area contributed by atoms with Gasteiger partial charge >= 0.3 is 0 Å². The highest BCUT2D eigenvalue weighted by molar-refractivity contribution is 5.56. The number of fused-ring (bicyclic) bond motifs is 1. The van der Waals surface area contributed by atoms with E-state index < -0.39 is 0 Å². The summed E-state index contributed by atoms with van der Waals surface area (Å²) < 4.78 is 5.16. The Hall–Kier alpha value is -1.68. The molecule has 1 aliphatic carbocycles. The van der Waals surface area contributed by atoms with Crippen LogP contribution in [-0.4, -0.2) is 10.1 Å². The van der Waals surface area contributed by atoms with Crippen molar-refractivity contribution >= 4 is 0 Å². The van der Waals surface area contributed by atoms with Crippen molar-refractivity contribution in [2.24, 2.45) is 5.73 Å². The number of aromatic nitrogens is 2. The summed E-state index contributed by atoms with van der Waals surface area (Å²) >= 11 is 0. The summed E-state index contributed by atoms with van der Waals surface area (Å²) in [6.07, 6.45) is 3.59. The van der Waals surface area contributed by atoms with Gasteiger partial charge in [0.2, 0.25) is 0 Å². The van der Waals surface area contributed by atoms with Crippen LogP contribution >= 0.6 is 0 Å². The Bertz CT molecular complexity index is 519. The van der Waals surface area contributed by atoms with E-state index in [2.05, 4.69) is 22.3 Å². The Balaban J connectivity index is 2.00. The number of nitrogens with zero attached hydrogens (tertiary/aromatic N) is 2. The summed E-state index contributed by atoms with van der Waals surface area (Å²) in [5.74, 6) is 1.12. The predicted molar refractivity (Wildman–Crippen MR) is 59.7 cm³/mol. The van der Waals surface area contributed by atoms with Crippen LogP contribution in [0.1, 0.15) is 23.4 Å². The molecule has 3 rings (SSSR count). The van der Waals surface area contributed by atoms with Crippen molar-refractivity contribution in [2.45, 2.75) is 25.8 Å². The molecule has 0 aliphatic heterocycles. The van der Waals surface area contributed by atoms with Crippen molar-refractivity contribution in [2.75, 3.05) is 0 Å². The van der Waals surface area contributed by atoms with Gasteiger partial charge in [0.05, 0.1) is 6.54 Å². The third-order valence-electron chi connectivity index (χ3n) is 3.00. The molecule has 0 spiro atoms. The third-order valence-corrected chi connectivity index (χ3v) is 3.00. The third kappa shape index (κ3) is 1.51. The average molecular weight is 215 g/mol. The molecule has 1 aliphatic rings. The molecule has 4 nitrogen and oxygen atoms in total. The van der Waals surface area contributed by atoms with E-state index in [0.717, 1.165) is 12.0 Å². The van der Waals surface area contributed by atoms with Crippen LogP contribution in [0, 0.1) is 0 Å². The Kier molecular flexibility index (Phi) is 2.22. The molecule has 0 atom stereocenters. The molecular formula is C12H13N3O. The smallest absolute Gasteiger partial charge is 0.257 e. The zero-order valence-electron chi connectivity index (χ0n) is 8.94. The molecule has 4 heteroatoms. The maximum absolute atomic E-state index is 5.45. The van der Waals surface area contributed by atoms with Crippen LogP contribution in [0.5, 0.6) is 0 Å². The monoisotopic (exact) mass is 215 g/mol. The highest BCUT2D eigenvalue weighted by Gasteiger charge is 2.14. The Labute approximate surface area is 93.5 Å². The van der Waals surface area contributed by atoms with Gasteiger partial charge in [-0.05, 0) is 42.5 Å². The van der Waals surface area contributed by atoms with Gasteiger partial charge in [-0.3, -0.25) is 0 Å². The molecule has 0 radical (unpaired) electrons. The Morgan fingerprint density at radius 3 is 2.94 bits per heavy atom. The summed E-state index contributed by atoms with van der Waals surface area (Å²) in [6, 6.07) is 6.35. The van der Waals surface area contributed by atoms with Gasteiger partial charge in [0.25, 0.3) is 5.89 Å². The molecule has 0 fully saturated rings. The normalized spacial score (nSPS) is 14.1. The van der Waals surface area contributed by atoms with Crippen molar-refractivity contribution in [1.29, 1.82) is 0 Å². The predicted octanol–water partition coefficient (Wildman–Crippen LogP) is 1.68. The van der Waals surface area contributed by atoms with Gasteiger partial charge in [-0.15, -0.1) is 0 Å². The van der Waals surface area contributed by atoms with Crippen LogP contribution in [0.3, 0.4) is 0 Å². The van der Waals surface area contributed by atoms with Gasteiger partial charge in [0, 0.05) is 5.56 Å². The Morgan fingerprint density at radius 1 is 1.25 bits per heavy atom. The molecule has 0 saturated heterocycles. The molecule has 1 aromatic heterocycles. The fourth-order valence-electron chi connectivity index (χ4n) is 2.16. The first-order valence-electron chi connectivity index (χ1n) is 5.51. The summed E-state index contributed by atoms with van der Waals surface area (Å²) in [5, 5.41) is 3.79. The minimum Gasteiger partial charge on any atom is -0.334 e. The van der Waals surface area contributed by atoms with Crippen molar-refractivity contribution in [3.8, 4) is 11.5 Å². The van der Waals surface area contributed by atoms with Crippen LogP contribution in [0.25, 0.3) is 11.5 Å². The van der Waals surface area contributed by atoms with Crippen LogP contribution in [0.15, 0.2) is 22.7 Å². The van der Waals surface area contributed by atoms with Gasteiger partial charge < -0.3 is 10.3 Å². The van der Waals surface area contributed by atoms with Crippen molar-refractivity contribution < 1.29 is 4.52 Å². The molecule has 1 heterocycles. The first kappa shape index (κ1) is 9.54. The zero-order chi connectivity index (χ0) is 11.0. The number of rotatable bonds is 2. The molecule has 0 bridgehead atoms. The highest BCUT2D eigenvalue weighted by Crippen LogP contribution is 2.27. The van der Waals surface area contributed by atoms with Crippen LogP contribution < -0.4 is 5.73 Å². The second kappa shape index (κ2) is 3.72. The number of hydrogen-bond donors (Lipinski definition) is 1.